The Hall–Kier alpha value is -3.01. The molecule has 0 amide bonds. The van der Waals surface area contributed by atoms with E-state index in [1.54, 1.807) is 19.2 Å². The van der Waals surface area contributed by atoms with E-state index in [1.165, 1.54) is 5.56 Å². The maximum absolute atomic E-state index is 11.5. The van der Waals surface area contributed by atoms with E-state index >= 15 is 0 Å². The molecular formula is C19H17N3O. The van der Waals surface area contributed by atoms with Crippen LogP contribution in [0, 0.1) is 0 Å². The van der Waals surface area contributed by atoms with Crippen molar-refractivity contribution < 1.29 is 4.79 Å². The SMILES string of the molecule is CC(=O)c1cccc(-c2nccc(NCc3ccccc3)n2)c1. The topological polar surface area (TPSA) is 54.9 Å². The van der Waals surface area contributed by atoms with Crippen LogP contribution in [0.15, 0.2) is 66.9 Å². The normalized spacial score (nSPS) is 10.3. The highest BCUT2D eigenvalue weighted by Gasteiger charge is 2.06. The van der Waals surface area contributed by atoms with Crippen molar-refractivity contribution in [3.8, 4) is 11.4 Å². The van der Waals surface area contributed by atoms with E-state index in [4.69, 9.17) is 0 Å². The van der Waals surface area contributed by atoms with Gasteiger partial charge in [-0.3, -0.25) is 4.79 Å². The van der Waals surface area contributed by atoms with E-state index < -0.39 is 0 Å². The first-order chi connectivity index (χ1) is 11.2. The molecule has 0 aliphatic rings. The molecule has 0 saturated heterocycles. The van der Waals surface area contributed by atoms with E-state index in [2.05, 4.69) is 27.4 Å². The number of aromatic nitrogens is 2. The Bertz CT molecular complexity index is 816. The van der Waals surface area contributed by atoms with Gasteiger partial charge in [0.05, 0.1) is 0 Å². The average Bonchev–Trinajstić information content (AvgIpc) is 2.61. The molecule has 4 heteroatoms. The van der Waals surface area contributed by atoms with Gasteiger partial charge in [0.15, 0.2) is 11.6 Å². The largest absolute Gasteiger partial charge is 0.366 e. The van der Waals surface area contributed by atoms with Crippen LogP contribution in [0.25, 0.3) is 11.4 Å². The molecule has 2 aromatic carbocycles. The molecule has 4 nitrogen and oxygen atoms in total. The molecule has 0 saturated carbocycles. The molecule has 0 aliphatic carbocycles. The fourth-order valence-corrected chi connectivity index (χ4v) is 2.26. The van der Waals surface area contributed by atoms with Gasteiger partial charge in [0, 0.05) is 23.9 Å². The van der Waals surface area contributed by atoms with Crippen LogP contribution >= 0.6 is 0 Å². The predicted octanol–water partition coefficient (Wildman–Crippen LogP) is 3.96. The highest BCUT2D eigenvalue weighted by atomic mass is 16.1. The fraction of sp³-hybridized carbons (Fsp3) is 0.105. The minimum Gasteiger partial charge on any atom is -0.366 e. The number of carbonyl (C=O) groups excluding carboxylic acids is 1. The summed E-state index contributed by atoms with van der Waals surface area (Å²) in [6.45, 7) is 2.25. The second-order valence-electron chi connectivity index (χ2n) is 5.24. The van der Waals surface area contributed by atoms with E-state index in [-0.39, 0.29) is 5.78 Å². The van der Waals surface area contributed by atoms with Crippen LogP contribution in [-0.4, -0.2) is 15.8 Å². The zero-order valence-electron chi connectivity index (χ0n) is 12.9. The highest BCUT2D eigenvalue weighted by molar-refractivity contribution is 5.95. The number of Topliss-reactive ketones (excluding diaryl/α,β-unsaturated/α-hetero) is 1. The molecule has 0 fully saturated rings. The van der Waals surface area contributed by atoms with Crippen molar-refractivity contribution in [2.45, 2.75) is 13.5 Å². The van der Waals surface area contributed by atoms with Crippen LogP contribution in [0.3, 0.4) is 0 Å². The summed E-state index contributed by atoms with van der Waals surface area (Å²) < 4.78 is 0. The number of rotatable bonds is 5. The first kappa shape index (κ1) is 14.9. The number of hydrogen-bond donors (Lipinski definition) is 1. The Morgan fingerprint density at radius 2 is 1.87 bits per heavy atom. The number of hydrogen-bond acceptors (Lipinski definition) is 4. The zero-order valence-corrected chi connectivity index (χ0v) is 12.9. The third-order valence-corrected chi connectivity index (χ3v) is 3.50. The van der Waals surface area contributed by atoms with Crippen molar-refractivity contribution in [2.75, 3.05) is 5.32 Å². The summed E-state index contributed by atoms with van der Waals surface area (Å²) in [7, 11) is 0. The van der Waals surface area contributed by atoms with Gasteiger partial charge in [-0.2, -0.15) is 0 Å². The lowest BCUT2D eigenvalue weighted by atomic mass is 10.1. The number of carbonyl (C=O) groups is 1. The molecule has 3 rings (SSSR count). The van der Waals surface area contributed by atoms with Crippen molar-refractivity contribution >= 4 is 11.6 Å². The Balaban J connectivity index is 1.80. The van der Waals surface area contributed by atoms with Crippen LogP contribution in [0.4, 0.5) is 5.82 Å². The molecule has 3 aromatic rings. The fourth-order valence-electron chi connectivity index (χ4n) is 2.26. The Kier molecular flexibility index (Phi) is 4.43. The molecule has 1 aromatic heterocycles. The third-order valence-electron chi connectivity index (χ3n) is 3.50. The quantitative estimate of drug-likeness (QED) is 0.725. The number of nitrogens with one attached hydrogen (secondary N) is 1. The van der Waals surface area contributed by atoms with Crippen LogP contribution in [0.1, 0.15) is 22.8 Å². The molecule has 1 heterocycles. The molecule has 0 bridgehead atoms. The minimum absolute atomic E-state index is 0.0326. The van der Waals surface area contributed by atoms with Crippen LogP contribution < -0.4 is 5.32 Å². The summed E-state index contributed by atoms with van der Waals surface area (Å²) in [5.41, 5.74) is 2.68. The Morgan fingerprint density at radius 3 is 2.65 bits per heavy atom. The van der Waals surface area contributed by atoms with E-state index in [1.807, 2.05) is 42.5 Å². The Morgan fingerprint density at radius 1 is 1.04 bits per heavy atom. The van der Waals surface area contributed by atoms with Crippen molar-refractivity contribution in [2.24, 2.45) is 0 Å². The van der Waals surface area contributed by atoms with Crippen molar-refractivity contribution in [3.63, 3.8) is 0 Å². The van der Waals surface area contributed by atoms with Gasteiger partial charge in [0.25, 0.3) is 0 Å². The molecule has 1 N–H and O–H groups in total. The van der Waals surface area contributed by atoms with Crippen molar-refractivity contribution in [3.05, 3.63) is 78.0 Å². The average molecular weight is 303 g/mol. The first-order valence-electron chi connectivity index (χ1n) is 7.44. The van der Waals surface area contributed by atoms with E-state index in [0.29, 0.717) is 17.9 Å². The first-order valence-corrected chi connectivity index (χ1v) is 7.44. The summed E-state index contributed by atoms with van der Waals surface area (Å²) in [5.74, 6) is 1.39. The third kappa shape index (κ3) is 3.80. The van der Waals surface area contributed by atoms with Crippen molar-refractivity contribution in [1.29, 1.82) is 0 Å². The molecule has 0 radical (unpaired) electrons. The molecule has 0 atom stereocenters. The number of ketones is 1. The second kappa shape index (κ2) is 6.83. The summed E-state index contributed by atoms with van der Waals surface area (Å²) in [6.07, 6.45) is 1.72. The maximum atomic E-state index is 11.5. The van der Waals surface area contributed by atoms with Crippen LogP contribution in [-0.2, 0) is 6.54 Å². The van der Waals surface area contributed by atoms with Gasteiger partial charge in [-0.25, -0.2) is 9.97 Å². The molecule has 0 spiro atoms. The number of benzene rings is 2. The lowest BCUT2D eigenvalue weighted by Gasteiger charge is -2.07. The van der Waals surface area contributed by atoms with Crippen LogP contribution in [0.5, 0.6) is 0 Å². The molecule has 0 unspecified atom stereocenters. The van der Waals surface area contributed by atoms with E-state index in [9.17, 15) is 4.79 Å². The van der Waals surface area contributed by atoms with Crippen molar-refractivity contribution in [1.82, 2.24) is 9.97 Å². The molecule has 23 heavy (non-hydrogen) atoms. The molecular weight excluding hydrogens is 286 g/mol. The summed E-state index contributed by atoms with van der Waals surface area (Å²) in [4.78, 5) is 20.3. The standard InChI is InChI=1S/C19H17N3O/c1-14(23)16-8-5-9-17(12-16)19-20-11-10-18(22-19)21-13-15-6-3-2-4-7-15/h2-12H,13H2,1H3,(H,20,21,22). The van der Waals surface area contributed by atoms with Crippen LogP contribution in [0.2, 0.25) is 0 Å². The summed E-state index contributed by atoms with van der Waals surface area (Å²) in [5, 5.41) is 3.29. The van der Waals surface area contributed by atoms with Gasteiger partial charge < -0.3 is 5.32 Å². The highest BCUT2D eigenvalue weighted by Crippen LogP contribution is 2.18. The molecule has 0 aliphatic heterocycles. The van der Waals surface area contributed by atoms with E-state index in [0.717, 1.165) is 11.4 Å². The zero-order chi connectivity index (χ0) is 16.1. The lowest BCUT2D eigenvalue weighted by molar-refractivity contribution is 0.101. The molecule has 114 valence electrons. The monoisotopic (exact) mass is 303 g/mol. The second-order valence-corrected chi connectivity index (χ2v) is 5.24. The summed E-state index contributed by atoms with van der Waals surface area (Å²) in [6, 6.07) is 19.3. The smallest absolute Gasteiger partial charge is 0.161 e. The summed E-state index contributed by atoms with van der Waals surface area (Å²) >= 11 is 0. The number of nitrogens with zero attached hydrogens (tertiary/aromatic N) is 2. The predicted molar refractivity (Wildman–Crippen MR) is 91.2 cm³/mol. The van der Waals surface area contributed by atoms with Gasteiger partial charge in [-0.15, -0.1) is 0 Å². The van der Waals surface area contributed by atoms with Gasteiger partial charge in [-0.05, 0) is 24.6 Å². The lowest BCUT2D eigenvalue weighted by Crippen LogP contribution is -2.02. The number of anilines is 1. The maximum Gasteiger partial charge on any atom is 0.161 e. The van der Waals surface area contributed by atoms with Gasteiger partial charge in [0.1, 0.15) is 5.82 Å². The van der Waals surface area contributed by atoms with Gasteiger partial charge >= 0.3 is 0 Å². The van der Waals surface area contributed by atoms with Gasteiger partial charge in [0.2, 0.25) is 0 Å². The minimum atomic E-state index is 0.0326. The van der Waals surface area contributed by atoms with Gasteiger partial charge in [-0.1, -0.05) is 48.5 Å². The Labute approximate surface area is 135 Å².